The summed E-state index contributed by atoms with van der Waals surface area (Å²) in [5.41, 5.74) is 4.55. The van der Waals surface area contributed by atoms with Gasteiger partial charge < -0.3 is 10.6 Å². The van der Waals surface area contributed by atoms with Gasteiger partial charge in [0.1, 0.15) is 11.4 Å². The lowest BCUT2D eigenvalue weighted by Crippen LogP contribution is -2.49. The van der Waals surface area contributed by atoms with Gasteiger partial charge in [-0.25, -0.2) is 4.79 Å². The fourth-order valence-corrected chi connectivity index (χ4v) is 2.67. The third kappa shape index (κ3) is 2.97. The number of piperazine rings is 1. The van der Waals surface area contributed by atoms with E-state index in [1.165, 1.54) is 14.1 Å². The molecule has 8 heteroatoms. The first-order valence-corrected chi connectivity index (χ1v) is 7.40. The molecule has 1 fully saturated rings. The number of carbonyl (C=O) groups excluding carboxylic acids is 1. The van der Waals surface area contributed by atoms with Crippen LogP contribution >= 0.6 is 0 Å². The van der Waals surface area contributed by atoms with E-state index in [1.54, 1.807) is 0 Å². The maximum absolute atomic E-state index is 12.5. The quantitative estimate of drug-likeness (QED) is 0.680. The summed E-state index contributed by atoms with van der Waals surface area (Å²) in [7, 11) is 2.80. The summed E-state index contributed by atoms with van der Waals surface area (Å²) in [4.78, 5) is 40.7. The van der Waals surface area contributed by atoms with Crippen molar-refractivity contribution < 1.29 is 4.79 Å². The van der Waals surface area contributed by atoms with Crippen molar-refractivity contribution in [3.63, 3.8) is 0 Å². The number of aromatic nitrogens is 2. The number of nitrogens with two attached hydrogens (primary N) is 1. The van der Waals surface area contributed by atoms with E-state index in [0.717, 1.165) is 41.9 Å². The highest BCUT2D eigenvalue weighted by Gasteiger charge is 2.24. The maximum atomic E-state index is 12.5. The fraction of sp³-hybridized carbons (Fsp3) is 0.643. The van der Waals surface area contributed by atoms with E-state index >= 15 is 0 Å². The Hall–Kier alpha value is -1.93. The van der Waals surface area contributed by atoms with Crippen LogP contribution in [0.2, 0.25) is 0 Å². The van der Waals surface area contributed by atoms with Crippen molar-refractivity contribution in [3.8, 4) is 0 Å². The maximum Gasteiger partial charge on any atom is 0.332 e. The number of nitrogen functional groups attached to an aromatic ring is 1. The van der Waals surface area contributed by atoms with Crippen LogP contribution in [0, 0.1) is 0 Å². The van der Waals surface area contributed by atoms with Crippen LogP contribution in [0.15, 0.2) is 9.59 Å². The number of carbonyl (C=O) groups is 1. The second kappa shape index (κ2) is 6.45. The molecule has 1 aliphatic rings. The van der Waals surface area contributed by atoms with E-state index in [1.807, 2.05) is 4.90 Å². The van der Waals surface area contributed by atoms with Crippen molar-refractivity contribution in [2.75, 3.05) is 45.0 Å². The summed E-state index contributed by atoms with van der Waals surface area (Å²) in [6, 6.07) is 0. The topological polar surface area (TPSA) is 93.6 Å². The number of likely N-dealkylation sites (N-methyl/N-ethyl adjacent to an activating group) is 1. The number of Topliss-reactive ketones (excluding diaryl/α,β-unsaturated/α-hetero) is 1. The van der Waals surface area contributed by atoms with Crippen LogP contribution < -0.4 is 17.0 Å². The first-order chi connectivity index (χ1) is 10.4. The average molecular weight is 309 g/mol. The Bertz CT molecular complexity index is 683. The van der Waals surface area contributed by atoms with Gasteiger partial charge >= 0.3 is 5.69 Å². The molecule has 0 radical (unpaired) electrons. The Labute approximate surface area is 128 Å². The molecule has 122 valence electrons. The molecule has 0 bridgehead atoms. The Balaban J connectivity index is 2.21. The Kier molecular flexibility index (Phi) is 4.82. The fourth-order valence-electron chi connectivity index (χ4n) is 2.67. The molecular formula is C14H23N5O3. The molecule has 0 amide bonds. The van der Waals surface area contributed by atoms with E-state index < -0.39 is 11.2 Å². The standard InChI is InChI=1S/C14H23N5O3/c1-4-18-5-7-19(8-6-18)9-10(20)11-12(15)16(2)14(22)17(3)13(11)21/h4-9,15H2,1-3H3. The van der Waals surface area contributed by atoms with Gasteiger partial charge in [0.25, 0.3) is 5.56 Å². The molecule has 0 saturated carbocycles. The summed E-state index contributed by atoms with van der Waals surface area (Å²) in [5.74, 6) is -0.399. The van der Waals surface area contributed by atoms with Crippen molar-refractivity contribution in [3.05, 3.63) is 26.4 Å². The van der Waals surface area contributed by atoms with Gasteiger partial charge in [-0.05, 0) is 6.54 Å². The smallest absolute Gasteiger partial charge is 0.332 e. The summed E-state index contributed by atoms with van der Waals surface area (Å²) >= 11 is 0. The molecule has 0 atom stereocenters. The number of nitrogens with zero attached hydrogens (tertiary/aromatic N) is 4. The molecule has 22 heavy (non-hydrogen) atoms. The molecular weight excluding hydrogens is 286 g/mol. The molecule has 1 aromatic rings. The van der Waals surface area contributed by atoms with E-state index in [4.69, 9.17) is 5.73 Å². The molecule has 1 aromatic heterocycles. The van der Waals surface area contributed by atoms with Gasteiger partial charge in [-0.2, -0.15) is 0 Å². The van der Waals surface area contributed by atoms with Crippen LogP contribution in [0.25, 0.3) is 0 Å². The molecule has 1 aliphatic heterocycles. The normalized spacial score (nSPS) is 16.9. The largest absolute Gasteiger partial charge is 0.384 e. The minimum atomic E-state index is -0.627. The van der Waals surface area contributed by atoms with Gasteiger partial charge in [-0.1, -0.05) is 6.92 Å². The first kappa shape index (κ1) is 16.4. The van der Waals surface area contributed by atoms with Crippen molar-refractivity contribution in [2.24, 2.45) is 14.1 Å². The van der Waals surface area contributed by atoms with E-state index in [2.05, 4.69) is 11.8 Å². The lowest BCUT2D eigenvalue weighted by molar-refractivity contribution is 0.0857. The number of anilines is 1. The molecule has 2 rings (SSSR count). The summed E-state index contributed by atoms with van der Waals surface area (Å²) in [6.07, 6.45) is 0. The highest BCUT2D eigenvalue weighted by atomic mass is 16.2. The molecule has 2 N–H and O–H groups in total. The molecule has 2 heterocycles. The Morgan fingerprint density at radius 2 is 1.59 bits per heavy atom. The second-order valence-electron chi connectivity index (χ2n) is 5.60. The van der Waals surface area contributed by atoms with Crippen LogP contribution in [0.1, 0.15) is 17.3 Å². The molecule has 0 aromatic carbocycles. The predicted molar refractivity (Wildman–Crippen MR) is 84.2 cm³/mol. The number of hydrogen-bond donors (Lipinski definition) is 1. The van der Waals surface area contributed by atoms with Crippen molar-refractivity contribution in [1.29, 1.82) is 0 Å². The van der Waals surface area contributed by atoms with E-state index in [9.17, 15) is 14.4 Å². The zero-order valence-electron chi connectivity index (χ0n) is 13.3. The molecule has 0 unspecified atom stereocenters. The molecule has 0 spiro atoms. The number of ketones is 1. The van der Waals surface area contributed by atoms with Crippen molar-refractivity contribution in [1.82, 2.24) is 18.9 Å². The van der Waals surface area contributed by atoms with Gasteiger partial charge in [-0.15, -0.1) is 0 Å². The summed E-state index contributed by atoms with van der Waals surface area (Å²) in [6.45, 7) is 6.63. The molecule has 1 saturated heterocycles. The minimum absolute atomic E-state index is 0.0645. The Morgan fingerprint density at radius 3 is 2.14 bits per heavy atom. The summed E-state index contributed by atoms with van der Waals surface area (Å²) in [5, 5.41) is 0. The third-order valence-corrected chi connectivity index (χ3v) is 4.27. The minimum Gasteiger partial charge on any atom is -0.384 e. The first-order valence-electron chi connectivity index (χ1n) is 7.40. The van der Waals surface area contributed by atoms with Gasteiger partial charge in [0.2, 0.25) is 0 Å². The zero-order chi connectivity index (χ0) is 16.4. The van der Waals surface area contributed by atoms with Crippen molar-refractivity contribution >= 4 is 11.6 Å². The van der Waals surface area contributed by atoms with Crippen LogP contribution in [-0.2, 0) is 14.1 Å². The SMILES string of the molecule is CCN1CCN(CC(=O)c2c(N)n(C)c(=O)n(C)c2=O)CC1. The van der Waals surface area contributed by atoms with Crippen molar-refractivity contribution in [2.45, 2.75) is 6.92 Å². The predicted octanol–water partition coefficient (Wildman–Crippen LogP) is -1.51. The van der Waals surface area contributed by atoms with Gasteiger partial charge in [-0.3, -0.25) is 23.6 Å². The highest BCUT2D eigenvalue weighted by Crippen LogP contribution is 2.07. The van der Waals surface area contributed by atoms with Gasteiger partial charge in [0.15, 0.2) is 5.78 Å². The monoisotopic (exact) mass is 309 g/mol. The lowest BCUT2D eigenvalue weighted by atomic mass is 10.1. The second-order valence-corrected chi connectivity index (χ2v) is 5.60. The zero-order valence-corrected chi connectivity index (χ0v) is 13.3. The number of hydrogen-bond acceptors (Lipinski definition) is 6. The van der Waals surface area contributed by atoms with Crippen LogP contribution in [0.4, 0.5) is 5.82 Å². The summed E-state index contributed by atoms with van der Waals surface area (Å²) < 4.78 is 2.04. The lowest BCUT2D eigenvalue weighted by Gasteiger charge is -2.33. The van der Waals surface area contributed by atoms with E-state index in [0.29, 0.717) is 0 Å². The van der Waals surface area contributed by atoms with Crippen LogP contribution in [-0.4, -0.2) is 64.0 Å². The third-order valence-electron chi connectivity index (χ3n) is 4.27. The van der Waals surface area contributed by atoms with Gasteiger partial charge in [0, 0.05) is 40.3 Å². The van der Waals surface area contributed by atoms with Crippen LogP contribution in [0.3, 0.4) is 0 Å². The average Bonchev–Trinajstić information content (AvgIpc) is 2.52. The Morgan fingerprint density at radius 1 is 1.05 bits per heavy atom. The van der Waals surface area contributed by atoms with Crippen LogP contribution in [0.5, 0.6) is 0 Å². The number of rotatable bonds is 4. The highest BCUT2D eigenvalue weighted by molar-refractivity contribution is 6.01. The van der Waals surface area contributed by atoms with Gasteiger partial charge in [0.05, 0.1) is 6.54 Å². The molecule has 0 aliphatic carbocycles. The van der Waals surface area contributed by atoms with E-state index in [-0.39, 0.29) is 23.7 Å². The molecule has 8 nitrogen and oxygen atoms in total.